The number of aromatic nitrogens is 1. The average molecular weight is 323 g/mol. The molecule has 0 bridgehead atoms. The Labute approximate surface area is 121 Å². The zero-order valence-corrected chi connectivity index (χ0v) is 12.4. The molecule has 0 radical (unpaired) electrons. The summed E-state index contributed by atoms with van der Waals surface area (Å²) in [5.74, 6) is 0.118. The van der Waals surface area contributed by atoms with Crippen molar-refractivity contribution in [2.45, 2.75) is 19.9 Å². The molecule has 19 heavy (non-hydrogen) atoms. The lowest BCUT2D eigenvalue weighted by atomic mass is 10.2. The Kier molecular flexibility index (Phi) is 4.91. The number of nitrogens with zero attached hydrogens (tertiary/aromatic N) is 2. The zero-order valence-electron chi connectivity index (χ0n) is 10.8. The quantitative estimate of drug-likeness (QED) is 0.811. The molecule has 0 atom stereocenters. The minimum atomic E-state index is -0.293. The Morgan fingerprint density at radius 2 is 2.00 bits per heavy atom. The van der Waals surface area contributed by atoms with Gasteiger partial charge in [-0.2, -0.15) is 0 Å². The van der Waals surface area contributed by atoms with E-state index in [4.69, 9.17) is 0 Å². The maximum absolute atomic E-state index is 14.0. The van der Waals surface area contributed by atoms with E-state index in [0.717, 1.165) is 18.5 Å². The summed E-state index contributed by atoms with van der Waals surface area (Å²) in [5, 5.41) is 0. The van der Waals surface area contributed by atoms with E-state index in [2.05, 4.69) is 27.8 Å². The van der Waals surface area contributed by atoms with Gasteiger partial charge in [0.05, 0.1) is 0 Å². The van der Waals surface area contributed by atoms with Gasteiger partial charge in [0.2, 0.25) is 0 Å². The third-order valence-corrected chi connectivity index (χ3v) is 3.23. The molecule has 1 aromatic carbocycles. The van der Waals surface area contributed by atoms with Crippen molar-refractivity contribution in [2.24, 2.45) is 0 Å². The molecule has 0 unspecified atom stereocenters. The molecule has 1 aromatic heterocycles. The van der Waals surface area contributed by atoms with E-state index in [0.29, 0.717) is 16.8 Å². The summed E-state index contributed by atoms with van der Waals surface area (Å²) >= 11 is 3.23. The van der Waals surface area contributed by atoms with Gasteiger partial charge in [-0.05, 0) is 34.0 Å². The third kappa shape index (κ3) is 3.77. The molecule has 0 aliphatic rings. The van der Waals surface area contributed by atoms with Gasteiger partial charge in [0.15, 0.2) is 11.6 Å². The fraction of sp³-hybridized carbons (Fsp3) is 0.267. The molecule has 0 amide bonds. The van der Waals surface area contributed by atoms with Gasteiger partial charge >= 0.3 is 0 Å². The molecule has 0 fully saturated rings. The van der Waals surface area contributed by atoms with Crippen LogP contribution in [0, 0.1) is 5.82 Å². The lowest BCUT2D eigenvalue weighted by Gasteiger charge is -2.23. The highest BCUT2D eigenvalue weighted by Gasteiger charge is 2.13. The molecule has 100 valence electrons. The third-order valence-electron chi connectivity index (χ3n) is 2.80. The maximum Gasteiger partial charge on any atom is 0.166 e. The highest BCUT2D eigenvalue weighted by molar-refractivity contribution is 9.10. The fourth-order valence-corrected chi connectivity index (χ4v) is 2.28. The number of halogens is 2. The zero-order chi connectivity index (χ0) is 13.7. The number of pyridine rings is 1. The Morgan fingerprint density at radius 1 is 1.26 bits per heavy atom. The van der Waals surface area contributed by atoms with Crippen LogP contribution in [0.1, 0.15) is 18.9 Å². The van der Waals surface area contributed by atoms with Crippen LogP contribution >= 0.6 is 15.9 Å². The van der Waals surface area contributed by atoms with Crippen LogP contribution in [0.15, 0.2) is 47.1 Å². The molecule has 4 heteroatoms. The molecule has 0 spiro atoms. The first kappa shape index (κ1) is 14.0. The van der Waals surface area contributed by atoms with Gasteiger partial charge in [0.1, 0.15) is 0 Å². The van der Waals surface area contributed by atoms with Gasteiger partial charge in [0, 0.05) is 23.8 Å². The van der Waals surface area contributed by atoms with Crippen molar-refractivity contribution in [1.29, 1.82) is 0 Å². The van der Waals surface area contributed by atoms with E-state index in [1.165, 1.54) is 6.07 Å². The number of benzene rings is 1. The fourth-order valence-electron chi connectivity index (χ4n) is 1.97. The van der Waals surface area contributed by atoms with Crippen molar-refractivity contribution in [2.75, 3.05) is 11.4 Å². The average Bonchev–Trinajstić information content (AvgIpc) is 2.39. The molecule has 2 nitrogen and oxygen atoms in total. The largest absolute Gasteiger partial charge is 0.350 e. The van der Waals surface area contributed by atoms with Crippen LogP contribution in [0.3, 0.4) is 0 Å². The van der Waals surface area contributed by atoms with Gasteiger partial charge in [-0.25, -0.2) is 9.37 Å². The summed E-state index contributed by atoms with van der Waals surface area (Å²) < 4.78 is 14.6. The molecule has 0 N–H and O–H groups in total. The van der Waals surface area contributed by atoms with Gasteiger partial charge in [0.25, 0.3) is 0 Å². The van der Waals surface area contributed by atoms with E-state index in [9.17, 15) is 4.39 Å². The number of anilines is 1. The Bertz CT molecular complexity index is 531. The minimum absolute atomic E-state index is 0.293. The molecular weight excluding hydrogens is 307 g/mol. The van der Waals surface area contributed by atoms with E-state index in [1.54, 1.807) is 6.20 Å². The summed E-state index contributed by atoms with van der Waals surface area (Å²) in [6.07, 6.45) is 2.58. The predicted octanol–water partition coefficient (Wildman–Crippen LogP) is 4.40. The lowest BCUT2D eigenvalue weighted by molar-refractivity contribution is 0.604. The van der Waals surface area contributed by atoms with Crippen LogP contribution in [-0.2, 0) is 6.54 Å². The summed E-state index contributed by atoms with van der Waals surface area (Å²) in [5.41, 5.74) is 1.15. The van der Waals surface area contributed by atoms with Gasteiger partial charge < -0.3 is 4.90 Å². The maximum atomic E-state index is 14.0. The topological polar surface area (TPSA) is 16.1 Å². The smallest absolute Gasteiger partial charge is 0.166 e. The Morgan fingerprint density at radius 3 is 2.63 bits per heavy atom. The van der Waals surface area contributed by atoms with Crippen molar-refractivity contribution >= 4 is 21.7 Å². The SMILES string of the molecule is CCCN(Cc1ccccc1)c1ncc(Br)cc1F. The van der Waals surface area contributed by atoms with Gasteiger partial charge in [-0.3, -0.25) is 0 Å². The van der Waals surface area contributed by atoms with E-state index in [1.807, 2.05) is 35.2 Å². The second-order valence-electron chi connectivity index (χ2n) is 4.37. The normalized spacial score (nSPS) is 10.5. The van der Waals surface area contributed by atoms with Crippen molar-refractivity contribution in [3.63, 3.8) is 0 Å². The molecule has 0 aliphatic carbocycles. The second kappa shape index (κ2) is 6.66. The molecular formula is C15H16BrFN2. The second-order valence-corrected chi connectivity index (χ2v) is 5.28. The highest BCUT2D eigenvalue weighted by Crippen LogP contribution is 2.22. The van der Waals surface area contributed by atoms with Crippen LogP contribution in [0.2, 0.25) is 0 Å². The molecule has 0 saturated heterocycles. The highest BCUT2D eigenvalue weighted by atomic mass is 79.9. The first-order chi connectivity index (χ1) is 9.20. The molecule has 2 rings (SSSR count). The van der Waals surface area contributed by atoms with Crippen molar-refractivity contribution < 1.29 is 4.39 Å². The molecule has 0 saturated carbocycles. The molecule has 1 heterocycles. The van der Waals surface area contributed by atoms with Gasteiger partial charge in [-0.1, -0.05) is 37.3 Å². The number of hydrogen-bond donors (Lipinski definition) is 0. The standard InChI is InChI=1S/C15H16BrFN2/c1-2-8-19(11-12-6-4-3-5-7-12)15-14(17)9-13(16)10-18-15/h3-7,9-10H,2,8,11H2,1H3. The molecule has 0 aliphatic heterocycles. The first-order valence-corrected chi connectivity index (χ1v) is 7.10. The first-order valence-electron chi connectivity index (χ1n) is 6.30. The summed E-state index contributed by atoms with van der Waals surface area (Å²) in [7, 11) is 0. The van der Waals surface area contributed by atoms with Gasteiger partial charge in [-0.15, -0.1) is 0 Å². The van der Waals surface area contributed by atoms with Crippen LogP contribution < -0.4 is 4.90 Å². The van der Waals surface area contributed by atoms with Crippen LogP contribution in [0.25, 0.3) is 0 Å². The van der Waals surface area contributed by atoms with Crippen molar-refractivity contribution in [3.05, 3.63) is 58.4 Å². The van der Waals surface area contributed by atoms with Crippen LogP contribution in [0.5, 0.6) is 0 Å². The Balaban J connectivity index is 2.24. The summed E-state index contributed by atoms with van der Waals surface area (Å²) in [6, 6.07) is 11.5. The number of rotatable bonds is 5. The molecule has 2 aromatic rings. The summed E-state index contributed by atoms with van der Waals surface area (Å²) in [6.45, 7) is 3.52. The van der Waals surface area contributed by atoms with Crippen LogP contribution in [-0.4, -0.2) is 11.5 Å². The Hall–Kier alpha value is -1.42. The minimum Gasteiger partial charge on any atom is -0.350 e. The van der Waals surface area contributed by atoms with E-state index >= 15 is 0 Å². The van der Waals surface area contributed by atoms with Crippen molar-refractivity contribution in [3.8, 4) is 0 Å². The summed E-state index contributed by atoms with van der Waals surface area (Å²) in [4.78, 5) is 6.17. The van der Waals surface area contributed by atoms with Crippen LogP contribution in [0.4, 0.5) is 10.2 Å². The number of hydrogen-bond acceptors (Lipinski definition) is 2. The van der Waals surface area contributed by atoms with Crippen molar-refractivity contribution in [1.82, 2.24) is 4.98 Å². The van der Waals surface area contributed by atoms with E-state index < -0.39 is 0 Å². The monoisotopic (exact) mass is 322 g/mol. The predicted molar refractivity (Wildman–Crippen MR) is 79.7 cm³/mol. The van der Waals surface area contributed by atoms with E-state index in [-0.39, 0.29) is 5.82 Å². The lowest BCUT2D eigenvalue weighted by Crippen LogP contribution is -2.25.